The van der Waals surface area contributed by atoms with Gasteiger partial charge in [-0.05, 0) is 0 Å². The van der Waals surface area contributed by atoms with Crippen molar-refractivity contribution < 1.29 is 13.2 Å². The molecule has 1 aromatic rings. The van der Waals surface area contributed by atoms with Gasteiger partial charge < -0.3 is 0 Å². The Labute approximate surface area is 53.2 Å². The number of hydrogen-bond donors (Lipinski definition) is 0. The van der Waals surface area contributed by atoms with Crippen molar-refractivity contribution in [3.63, 3.8) is 0 Å². The maximum atomic E-state index is 11.5. The molecule has 0 aliphatic heterocycles. The van der Waals surface area contributed by atoms with E-state index in [1.54, 1.807) is 0 Å². The van der Waals surface area contributed by atoms with Crippen LogP contribution in [0.15, 0.2) is 5.38 Å². The zero-order valence-electron chi connectivity index (χ0n) is 4.07. The normalized spacial score (nSPS) is 11.9. The summed E-state index contributed by atoms with van der Waals surface area (Å²) >= 11 is 0.810. The Bertz CT molecular complexity index is 178. The number of aromatic nitrogens is 1. The molecule has 0 saturated heterocycles. The molecule has 49 valence electrons. The number of hydrogen-bond acceptors (Lipinski definition) is 2. The van der Waals surface area contributed by atoms with Crippen molar-refractivity contribution in [2.75, 3.05) is 0 Å². The molecular weight excluding hydrogens is 151 g/mol. The largest absolute Gasteiger partial charge is 0.434 e. The third kappa shape index (κ3) is 1.41. The minimum Gasteiger partial charge on any atom is -0.229 e. The van der Waals surface area contributed by atoms with Gasteiger partial charge in [0.1, 0.15) is 0 Å². The third-order valence-corrected chi connectivity index (χ3v) is 1.22. The molecule has 1 aromatic heterocycles. The molecule has 0 aromatic carbocycles. The van der Waals surface area contributed by atoms with E-state index in [9.17, 15) is 13.2 Å². The van der Waals surface area contributed by atoms with E-state index < -0.39 is 11.9 Å². The highest BCUT2D eigenvalue weighted by Crippen LogP contribution is 2.27. The molecule has 9 heavy (non-hydrogen) atoms. The predicted octanol–water partition coefficient (Wildman–Crippen LogP) is 1.96. The van der Waals surface area contributed by atoms with E-state index >= 15 is 0 Å². The standard InChI is InChI=1S/C4HF3NS/c5-4(6,7)3-1-9-2-8-3/h1H. The number of halogens is 3. The van der Waals surface area contributed by atoms with Gasteiger partial charge in [-0.1, -0.05) is 0 Å². The fourth-order valence-electron chi connectivity index (χ4n) is 0.314. The summed E-state index contributed by atoms with van der Waals surface area (Å²) in [6.07, 6.45) is -4.31. The van der Waals surface area contributed by atoms with Gasteiger partial charge in [-0.15, -0.1) is 11.3 Å². The minimum absolute atomic E-state index is 0.810. The van der Waals surface area contributed by atoms with E-state index in [-0.39, 0.29) is 0 Å². The van der Waals surface area contributed by atoms with Crippen molar-refractivity contribution in [3.05, 3.63) is 16.6 Å². The second kappa shape index (κ2) is 1.98. The van der Waals surface area contributed by atoms with Crippen molar-refractivity contribution in [3.8, 4) is 0 Å². The van der Waals surface area contributed by atoms with Crippen LogP contribution in [-0.4, -0.2) is 4.98 Å². The molecule has 1 radical (unpaired) electrons. The molecule has 0 N–H and O–H groups in total. The smallest absolute Gasteiger partial charge is 0.229 e. The summed E-state index contributed by atoms with van der Waals surface area (Å²) in [6, 6.07) is 0. The van der Waals surface area contributed by atoms with E-state index in [0.29, 0.717) is 0 Å². The summed E-state index contributed by atoms with van der Waals surface area (Å²) in [5.41, 5.74) is 1.24. The van der Waals surface area contributed by atoms with Crippen molar-refractivity contribution in [2.24, 2.45) is 0 Å². The average Bonchev–Trinajstić information content (AvgIpc) is 2.08. The van der Waals surface area contributed by atoms with Gasteiger partial charge in [0.15, 0.2) is 11.2 Å². The molecule has 0 spiro atoms. The van der Waals surface area contributed by atoms with Crippen LogP contribution in [0.4, 0.5) is 13.2 Å². The van der Waals surface area contributed by atoms with Crippen LogP contribution in [0.3, 0.4) is 0 Å². The molecule has 0 aliphatic carbocycles. The van der Waals surface area contributed by atoms with Crippen LogP contribution in [0.2, 0.25) is 0 Å². The second-order valence-corrected chi connectivity index (χ2v) is 1.98. The quantitative estimate of drug-likeness (QED) is 0.553. The highest BCUT2D eigenvalue weighted by molar-refractivity contribution is 7.07. The Kier molecular flexibility index (Phi) is 1.44. The lowest BCUT2D eigenvalue weighted by Gasteiger charge is -1.98. The predicted molar refractivity (Wildman–Crippen MR) is 26.0 cm³/mol. The molecule has 0 amide bonds. The maximum absolute atomic E-state index is 11.5. The Hall–Kier alpha value is -0.580. The topological polar surface area (TPSA) is 12.9 Å². The maximum Gasteiger partial charge on any atom is 0.434 e. The molecule has 1 heterocycles. The van der Waals surface area contributed by atoms with Crippen molar-refractivity contribution in [2.45, 2.75) is 6.18 Å². The van der Waals surface area contributed by atoms with Gasteiger partial charge in [0.05, 0.1) is 0 Å². The molecule has 0 bridgehead atoms. The van der Waals surface area contributed by atoms with Crippen LogP contribution in [0.1, 0.15) is 5.69 Å². The van der Waals surface area contributed by atoms with Gasteiger partial charge in [-0.3, -0.25) is 0 Å². The van der Waals surface area contributed by atoms with Gasteiger partial charge in [-0.2, -0.15) is 13.2 Å². The number of alkyl halides is 3. The highest BCUT2D eigenvalue weighted by Gasteiger charge is 2.32. The fourth-order valence-corrected chi connectivity index (χ4v) is 0.816. The third-order valence-electron chi connectivity index (χ3n) is 0.680. The van der Waals surface area contributed by atoms with Gasteiger partial charge in [0, 0.05) is 5.38 Å². The number of nitrogens with zero attached hydrogens (tertiary/aromatic N) is 1. The molecule has 0 aliphatic rings. The van der Waals surface area contributed by atoms with Crippen LogP contribution in [0, 0.1) is 5.51 Å². The minimum atomic E-state index is -4.31. The fraction of sp³-hybridized carbons (Fsp3) is 0.250. The van der Waals surface area contributed by atoms with Gasteiger partial charge in [-0.25, -0.2) is 4.98 Å². The Balaban J connectivity index is 2.90. The highest BCUT2D eigenvalue weighted by atomic mass is 32.1. The van der Waals surface area contributed by atoms with Crippen LogP contribution < -0.4 is 0 Å². The molecule has 1 rings (SSSR count). The first-order chi connectivity index (χ1) is 4.11. The molecule has 0 saturated carbocycles. The van der Waals surface area contributed by atoms with Crippen LogP contribution in [0.25, 0.3) is 0 Å². The summed E-state index contributed by atoms with van der Waals surface area (Å²) < 4.78 is 34.6. The second-order valence-electron chi connectivity index (χ2n) is 1.32. The van der Waals surface area contributed by atoms with Crippen LogP contribution in [0.5, 0.6) is 0 Å². The molecule has 0 atom stereocenters. The van der Waals surface area contributed by atoms with Gasteiger partial charge >= 0.3 is 6.18 Å². The number of rotatable bonds is 0. The summed E-state index contributed by atoms with van der Waals surface area (Å²) in [5, 5.41) is 0.917. The van der Waals surface area contributed by atoms with E-state index in [2.05, 4.69) is 10.5 Å². The lowest BCUT2D eigenvalue weighted by molar-refractivity contribution is -0.140. The zero-order chi connectivity index (χ0) is 6.91. The lowest BCUT2D eigenvalue weighted by atomic mass is 10.5. The molecular formula is C4HF3NS. The van der Waals surface area contributed by atoms with Crippen molar-refractivity contribution in [1.82, 2.24) is 4.98 Å². The Morgan fingerprint density at radius 3 is 2.44 bits per heavy atom. The summed E-state index contributed by atoms with van der Waals surface area (Å²) in [5.74, 6) is 0. The van der Waals surface area contributed by atoms with Gasteiger partial charge in [0.2, 0.25) is 0 Å². The van der Waals surface area contributed by atoms with E-state index in [4.69, 9.17) is 0 Å². The first-order valence-electron chi connectivity index (χ1n) is 1.99. The Morgan fingerprint density at radius 1 is 1.56 bits per heavy atom. The first kappa shape index (κ1) is 6.54. The molecule has 5 heteroatoms. The van der Waals surface area contributed by atoms with E-state index in [0.717, 1.165) is 16.7 Å². The monoisotopic (exact) mass is 152 g/mol. The molecule has 1 nitrogen and oxygen atoms in total. The van der Waals surface area contributed by atoms with Crippen molar-refractivity contribution in [1.29, 1.82) is 0 Å². The molecule has 0 unspecified atom stereocenters. The van der Waals surface area contributed by atoms with E-state index in [1.165, 1.54) is 0 Å². The van der Waals surface area contributed by atoms with Crippen molar-refractivity contribution >= 4 is 11.3 Å². The first-order valence-corrected chi connectivity index (χ1v) is 2.87. The zero-order valence-corrected chi connectivity index (χ0v) is 4.88. The summed E-state index contributed by atoms with van der Waals surface area (Å²) in [7, 11) is 0. The lowest BCUT2D eigenvalue weighted by Crippen LogP contribution is -2.04. The van der Waals surface area contributed by atoms with Crippen LogP contribution >= 0.6 is 11.3 Å². The molecule has 0 fully saturated rings. The summed E-state index contributed by atoms with van der Waals surface area (Å²) in [6.45, 7) is 0. The van der Waals surface area contributed by atoms with E-state index in [1.807, 2.05) is 0 Å². The number of thiazole rings is 1. The average molecular weight is 152 g/mol. The summed E-state index contributed by atoms with van der Waals surface area (Å²) in [4.78, 5) is 2.96. The SMILES string of the molecule is FC(F)(F)c1cs[c]n1. The Morgan fingerprint density at radius 2 is 2.22 bits per heavy atom. The van der Waals surface area contributed by atoms with Gasteiger partial charge in [0.25, 0.3) is 0 Å². The van der Waals surface area contributed by atoms with Crippen LogP contribution in [-0.2, 0) is 6.18 Å².